The van der Waals surface area contributed by atoms with Crippen LogP contribution in [0.3, 0.4) is 0 Å². The van der Waals surface area contributed by atoms with E-state index in [0.29, 0.717) is 12.5 Å². The molecule has 0 heterocycles. The average molecular weight is 300 g/mol. The zero-order valence-corrected chi connectivity index (χ0v) is 12.6. The van der Waals surface area contributed by atoms with Gasteiger partial charge in [0.25, 0.3) is 0 Å². The summed E-state index contributed by atoms with van der Waals surface area (Å²) in [5.74, 6) is -0.0934. The molecule has 2 rings (SSSR count). The Labute approximate surface area is 119 Å². The smallest absolute Gasteiger partial charge is 0.243 e. The van der Waals surface area contributed by atoms with Crippen molar-refractivity contribution >= 4 is 10.0 Å². The molecule has 0 aromatic heterocycles. The van der Waals surface area contributed by atoms with Crippen molar-refractivity contribution < 1.29 is 12.8 Å². The van der Waals surface area contributed by atoms with Crippen molar-refractivity contribution in [1.82, 2.24) is 10.0 Å². The number of hydrogen-bond acceptors (Lipinski definition) is 3. The summed E-state index contributed by atoms with van der Waals surface area (Å²) < 4.78 is 40.9. The van der Waals surface area contributed by atoms with E-state index in [1.807, 2.05) is 6.92 Å². The molecular weight excluding hydrogens is 279 g/mol. The van der Waals surface area contributed by atoms with E-state index in [9.17, 15) is 12.8 Å². The second-order valence-electron chi connectivity index (χ2n) is 5.50. The molecule has 2 N–H and O–H groups in total. The van der Waals surface area contributed by atoms with Crippen LogP contribution in [0, 0.1) is 11.7 Å². The first kappa shape index (κ1) is 15.4. The molecule has 1 aliphatic rings. The second-order valence-corrected chi connectivity index (χ2v) is 7.18. The molecule has 1 aromatic rings. The Bertz CT molecular complexity index is 571. The SMILES string of the molecule is CNCc1ccc(F)c(S(=O)(=O)NC(C)CC2CC2)c1. The molecule has 1 saturated carbocycles. The van der Waals surface area contributed by atoms with E-state index in [-0.39, 0.29) is 10.9 Å². The van der Waals surface area contributed by atoms with Crippen molar-refractivity contribution in [2.24, 2.45) is 5.92 Å². The minimum atomic E-state index is -3.80. The zero-order chi connectivity index (χ0) is 14.8. The van der Waals surface area contributed by atoms with Crippen LogP contribution in [0.1, 0.15) is 31.7 Å². The van der Waals surface area contributed by atoms with Crippen molar-refractivity contribution in [2.75, 3.05) is 7.05 Å². The first-order valence-electron chi connectivity index (χ1n) is 6.87. The average Bonchev–Trinajstić information content (AvgIpc) is 3.14. The lowest BCUT2D eigenvalue weighted by molar-refractivity contribution is 0.520. The Morgan fingerprint density at radius 1 is 1.40 bits per heavy atom. The van der Waals surface area contributed by atoms with Crippen molar-refractivity contribution in [3.63, 3.8) is 0 Å². The predicted molar refractivity (Wildman–Crippen MR) is 76.3 cm³/mol. The van der Waals surface area contributed by atoms with Crippen LogP contribution in [0.5, 0.6) is 0 Å². The first-order valence-corrected chi connectivity index (χ1v) is 8.36. The summed E-state index contributed by atoms with van der Waals surface area (Å²) in [5, 5.41) is 2.92. The van der Waals surface area contributed by atoms with Gasteiger partial charge in [0.2, 0.25) is 10.0 Å². The van der Waals surface area contributed by atoms with E-state index in [2.05, 4.69) is 10.0 Å². The molecule has 1 fully saturated rings. The molecule has 6 heteroatoms. The van der Waals surface area contributed by atoms with E-state index in [1.165, 1.54) is 12.1 Å². The van der Waals surface area contributed by atoms with Gasteiger partial charge in [-0.15, -0.1) is 0 Å². The molecule has 0 spiro atoms. The molecule has 1 unspecified atom stereocenters. The number of sulfonamides is 1. The maximum absolute atomic E-state index is 13.8. The normalized spacial score (nSPS) is 17.1. The Morgan fingerprint density at radius 3 is 2.70 bits per heavy atom. The van der Waals surface area contributed by atoms with Gasteiger partial charge in [-0.25, -0.2) is 17.5 Å². The summed E-state index contributed by atoms with van der Waals surface area (Å²) in [6.45, 7) is 2.33. The zero-order valence-electron chi connectivity index (χ0n) is 11.8. The molecule has 4 nitrogen and oxygen atoms in total. The van der Waals surface area contributed by atoms with Gasteiger partial charge < -0.3 is 5.32 Å². The molecule has 112 valence electrons. The summed E-state index contributed by atoms with van der Waals surface area (Å²) in [5.41, 5.74) is 0.740. The molecule has 1 aromatic carbocycles. The van der Waals surface area contributed by atoms with E-state index in [0.717, 1.165) is 24.8 Å². The molecule has 20 heavy (non-hydrogen) atoms. The summed E-state index contributed by atoms with van der Waals surface area (Å²) in [4.78, 5) is -0.270. The standard InChI is InChI=1S/C14H21FN2O2S/c1-10(7-11-3-4-11)17-20(18,19)14-8-12(9-16-2)5-6-13(14)15/h5-6,8,10-11,16-17H,3-4,7,9H2,1-2H3. The van der Waals surface area contributed by atoms with Crippen LogP contribution in [-0.2, 0) is 16.6 Å². The third-order valence-corrected chi connectivity index (χ3v) is 5.01. The lowest BCUT2D eigenvalue weighted by atomic mass is 10.2. The van der Waals surface area contributed by atoms with Gasteiger partial charge >= 0.3 is 0 Å². The fourth-order valence-corrected chi connectivity index (χ4v) is 3.68. The molecule has 0 radical (unpaired) electrons. The summed E-state index contributed by atoms with van der Waals surface area (Å²) in [6, 6.07) is 4.00. The van der Waals surface area contributed by atoms with Crippen LogP contribution in [-0.4, -0.2) is 21.5 Å². The highest BCUT2D eigenvalue weighted by molar-refractivity contribution is 7.89. The lowest BCUT2D eigenvalue weighted by Gasteiger charge is -2.15. The molecule has 1 atom stereocenters. The van der Waals surface area contributed by atoms with Gasteiger partial charge in [-0.1, -0.05) is 18.9 Å². The van der Waals surface area contributed by atoms with Crippen LogP contribution in [0.15, 0.2) is 23.1 Å². The molecule has 0 aliphatic heterocycles. The summed E-state index contributed by atoms with van der Waals surface area (Å²) in [7, 11) is -2.04. The van der Waals surface area contributed by atoms with Crippen molar-refractivity contribution in [1.29, 1.82) is 0 Å². The van der Waals surface area contributed by atoms with Crippen LogP contribution in [0.4, 0.5) is 4.39 Å². The van der Waals surface area contributed by atoms with Crippen LogP contribution in [0.2, 0.25) is 0 Å². The minimum Gasteiger partial charge on any atom is -0.316 e. The Kier molecular flexibility index (Phi) is 4.78. The number of halogens is 1. The largest absolute Gasteiger partial charge is 0.316 e. The number of rotatable bonds is 7. The van der Waals surface area contributed by atoms with E-state index in [1.54, 1.807) is 13.1 Å². The first-order chi connectivity index (χ1) is 9.42. The van der Waals surface area contributed by atoms with E-state index in [4.69, 9.17) is 0 Å². The molecule has 0 bridgehead atoms. The Balaban J connectivity index is 2.16. The second kappa shape index (κ2) is 6.20. The van der Waals surface area contributed by atoms with Gasteiger partial charge in [0.05, 0.1) is 0 Å². The highest BCUT2D eigenvalue weighted by atomic mass is 32.2. The third kappa shape index (κ3) is 4.01. The maximum atomic E-state index is 13.8. The van der Waals surface area contributed by atoms with Gasteiger partial charge in [-0.05, 0) is 44.0 Å². The highest BCUT2D eigenvalue weighted by Gasteiger charge is 2.27. The predicted octanol–water partition coefficient (Wildman–Crippen LogP) is 2.01. The van der Waals surface area contributed by atoms with Gasteiger partial charge in [-0.2, -0.15) is 0 Å². The van der Waals surface area contributed by atoms with E-state index >= 15 is 0 Å². The van der Waals surface area contributed by atoms with Crippen LogP contribution >= 0.6 is 0 Å². The van der Waals surface area contributed by atoms with Crippen LogP contribution < -0.4 is 10.0 Å². The Hall–Kier alpha value is -0.980. The Morgan fingerprint density at radius 2 is 2.10 bits per heavy atom. The monoisotopic (exact) mass is 300 g/mol. The number of hydrogen-bond donors (Lipinski definition) is 2. The summed E-state index contributed by atoms with van der Waals surface area (Å²) in [6.07, 6.45) is 3.15. The maximum Gasteiger partial charge on any atom is 0.243 e. The van der Waals surface area contributed by atoms with Crippen molar-refractivity contribution in [2.45, 2.75) is 43.7 Å². The van der Waals surface area contributed by atoms with E-state index < -0.39 is 15.8 Å². The van der Waals surface area contributed by atoms with Crippen molar-refractivity contribution in [3.8, 4) is 0 Å². The van der Waals surface area contributed by atoms with Gasteiger partial charge in [0.15, 0.2) is 0 Å². The van der Waals surface area contributed by atoms with Gasteiger partial charge in [0.1, 0.15) is 10.7 Å². The van der Waals surface area contributed by atoms with Crippen LogP contribution in [0.25, 0.3) is 0 Å². The summed E-state index contributed by atoms with van der Waals surface area (Å²) >= 11 is 0. The highest BCUT2D eigenvalue weighted by Crippen LogP contribution is 2.33. The number of benzene rings is 1. The molecule has 1 aliphatic carbocycles. The fourth-order valence-electron chi connectivity index (χ4n) is 2.30. The molecular formula is C14H21FN2O2S. The fraction of sp³-hybridized carbons (Fsp3) is 0.571. The van der Waals surface area contributed by atoms with Gasteiger partial charge in [-0.3, -0.25) is 0 Å². The quantitative estimate of drug-likeness (QED) is 0.810. The minimum absolute atomic E-state index is 0.167. The third-order valence-electron chi connectivity index (χ3n) is 3.41. The van der Waals surface area contributed by atoms with Crippen molar-refractivity contribution in [3.05, 3.63) is 29.6 Å². The number of nitrogens with one attached hydrogen (secondary N) is 2. The van der Waals surface area contributed by atoms with Gasteiger partial charge in [0, 0.05) is 12.6 Å². The topological polar surface area (TPSA) is 58.2 Å². The lowest BCUT2D eigenvalue weighted by Crippen LogP contribution is -2.33. The molecule has 0 amide bonds. The molecule has 0 saturated heterocycles.